The van der Waals surface area contributed by atoms with E-state index in [-0.39, 0.29) is 6.61 Å². The van der Waals surface area contributed by atoms with Crippen LogP contribution in [0.5, 0.6) is 0 Å². The number of aliphatic hydroxyl groups is 1. The van der Waals surface area contributed by atoms with Crippen LogP contribution < -0.4 is 0 Å². The van der Waals surface area contributed by atoms with Gasteiger partial charge in [-0.2, -0.15) is 0 Å². The minimum absolute atomic E-state index is 0.108. The zero-order valence-corrected chi connectivity index (χ0v) is 8.74. The number of hydrogen-bond donors (Lipinski definition) is 1. The molecule has 0 saturated heterocycles. The van der Waals surface area contributed by atoms with Crippen molar-refractivity contribution in [1.82, 2.24) is 9.55 Å². The van der Waals surface area contributed by atoms with E-state index in [1.165, 1.54) is 32.1 Å². The smallest absolute Gasteiger partial charge is 0.106 e. The topological polar surface area (TPSA) is 38.1 Å². The standard InChI is InChI=1S/C11H18N2O/c1-9-12-7-11(8-14)13(9)10-5-3-2-4-6-10/h7,10,14H,2-6,8H2,1H3. The fraction of sp³-hybridized carbons (Fsp3) is 0.727. The van der Waals surface area contributed by atoms with Crippen molar-refractivity contribution in [2.24, 2.45) is 0 Å². The largest absolute Gasteiger partial charge is 0.390 e. The van der Waals surface area contributed by atoms with Gasteiger partial charge in [-0.05, 0) is 19.8 Å². The van der Waals surface area contributed by atoms with E-state index in [9.17, 15) is 5.11 Å². The Morgan fingerprint density at radius 3 is 2.79 bits per heavy atom. The lowest BCUT2D eigenvalue weighted by Crippen LogP contribution is -2.16. The molecular weight excluding hydrogens is 176 g/mol. The van der Waals surface area contributed by atoms with E-state index >= 15 is 0 Å². The van der Waals surface area contributed by atoms with Crippen molar-refractivity contribution in [3.63, 3.8) is 0 Å². The van der Waals surface area contributed by atoms with Crippen LogP contribution in [0.1, 0.15) is 49.7 Å². The second kappa shape index (κ2) is 4.13. The first-order chi connectivity index (χ1) is 6.83. The molecule has 0 atom stereocenters. The zero-order valence-electron chi connectivity index (χ0n) is 8.74. The molecule has 0 bridgehead atoms. The van der Waals surface area contributed by atoms with Gasteiger partial charge in [-0.25, -0.2) is 4.98 Å². The van der Waals surface area contributed by atoms with Crippen molar-refractivity contribution < 1.29 is 5.11 Å². The number of aliphatic hydroxyl groups excluding tert-OH is 1. The molecule has 1 N–H and O–H groups in total. The predicted molar refractivity (Wildman–Crippen MR) is 55.0 cm³/mol. The van der Waals surface area contributed by atoms with E-state index in [0.717, 1.165) is 11.5 Å². The van der Waals surface area contributed by atoms with Gasteiger partial charge in [-0.15, -0.1) is 0 Å². The van der Waals surface area contributed by atoms with Crippen molar-refractivity contribution in [1.29, 1.82) is 0 Å². The highest BCUT2D eigenvalue weighted by molar-refractivity contribution is 5.05. The Morgan fingerprint density at radius 2 is 2.14 bits per heavy atom. The predicted octanol–water partition coefficient (Wildman–Crippen LogP) is 2.19. The zero-order chi connectivity index (χ0) is 9.97. The van der Waals surface area contributed by atoms with Crippen molar-refractivity contribution in [3.05, 3.63) is 17.7 Å². The lowest BCUT2D eigenvalue weighted by atomic mass is 9.95. The highest BCUT2D eigenvalue weighted by atomic mass is 16.3. The molecule has 1 fully saturated rings. The van der Waals surface area contributed by atoms with Gasteiger partial charge < -0.3 is 9.67 Å². The van der Waals surface area contributed by atoms with Crippen molar-refractivity contribution in [2.75, 3.05) is 0 Å². The fourth-order valence-corrected chi connectivity index (χ4v) is 2.46. The average Bonchev–Trinajstić information content (AvgIpc) is 2.61. The maximum atomic E-state index is 9.20. The number of aromatic nitrogens is 2. The molecule has 0 spiro atoms. The van der Waals surface area contributed by atoms with E-state index in [0.29, 0.717) is 6.04 Å². The van der Waals surface area contributed by atoms with Crippen LogP contribution in [0.3, 0.4) is 0 Å². The lowest BCUT2D eigenvalue weighted by Gasteiger charge is -2.25. The van der Waals surface area contributed by atoms with E-state index < -0.39 is 0 Å². The monoisotopic (exact) mass is 194 g/mol. The number of hydrogen-bond acceptors (Lipinski definition) is 2. The van der Waals surface area contributed by atoms with Crippen molar-refractivity contribution >= 4 is 0 Å². The molecule has 2 rings (SSSR count). The maximum absolute atomic E-state index is 9.20. The van der Waals surface area contributed by atoms with Gasteiger partial charge in [-0.3, -0.25) is 0 Å². The molecule has 1 aliphatic rings. The van der Waals surface area contributed by atoms with Crippen LogP contribution in [0.2, 0.25) is 0 Å². The summed E-state index contributed by atoms with van der Waals surface area (Å²) in [6.45, 7) is 2.13. The average molecular weight is 194 g/mol. The summed E-state index contributed by atoms with van der Waals surface area (Å²) in [5.41, 5.74) is 0.967. The first-order valence-electron chi connectivity index (χ1n) is 5.46. The molecule has 0 radical (unpaired) electrons. The Bertz CT molecular complexity index is 300. The van der Waals surface area contributed by atoms with Gasteiger partial charge in [0.25, 0.3) is 0 Å². The van der Waals surface area contributed by atoms with Crippen molar-refractivity contribution in [3.8, 4) is 0 Å². The Hall–Kier alpha value is -0.830. The summed E-state index contributed by atoms with van der Waals surface area (Å²) in [6, 6.07) is 0.577. The summed E-state index contributed by atoms with van der Waals surface area (Å²) in [4.78, 5) is 4.27. The summed E-state index contributed by atoms with van der Waals surface area (Å²) >= 11 is 0. The molecule has 1 aliphatic carbocycles. The molecule has 0 unspecified atom stereocenters. The van der Waals surface area contributed by atoms with E-state index in [4.69, 9.17) is 0 Å². The Labute approximate surface area is 84.8 Å². The molecule has 1 saturated carbocycles. The first-order valence-corrected chi connectivity index (χ1v) is 5.46. The molecule has 3 nitrogen and oxygen atoms in total. The van der Waals surface area contributed by atoms with E-state index in [1.54, 1.807) is 6.20 Å². The van der Waals surface area contributed by atoms with Gasteiger partial charge >= 0.3 is 0 Å². The van der Waals surface area contributed by atoms with Crippen LogP contribution in [0, 0.1) is 6.92 Å². The summed E-state index contributed by atoms with van der Waals surface area (Å²) < 4.78 is 2.22. The lowest BCUT2D eigenvalue weighted by molar-refractivity contribution is 0.255. The van der Waals surface area contributed by atoms with E-state index in [1.807, 2.05) is 6.92 Å². The molecular formula is C11H18N2O. The molecule has 78 valence electrons. The van der Waals surface area contributed by atoms with Crippen LogP contribution in [-0.2, 0) is 6.61 Å². The van der Waals surface area contributed by atoms with Gasteiger partial charge in [-0.1, -0.05) is 19.3 Å². The molecule has 3 heteroatoms. The number of nitrogens with zero attached hydrogens (tertiary/aromatic N) is 2. The Morgan fingerprint density at radius 1 is 1.43 bits per heavy atom. The highest BCUT2D eigenvalue weighted by Crippen LogP contribution is 2.30. The van der Waals surface area contributed by atoms with Gasteiger partial charge in [0.2, 0.25) is 0 Å². The second-order valence-electron chi connectivity index (χ2n) is 4.12. The summed E-state index contributed by atoms with van der Waals surface area (Å²) in [6.07, 6.45) is 8.26. The molecule has 0 aliphatic heterocycles. The van der Waals surface area contributed by atoms with Crippen LogP contribution >= 0.6 is 0 Å². The molecule has 0 amide bonds. The number of imidazole rings is 1. The number of aryl methyl sites for hydroxylation is 1. The summed E-state index contributed by atoms with van der Waals surface area (Å²) in [7, 11) is 0. The van der Waals surface area contributed by atoms with Gasteiger partial charge in [0.15, 0.2) is 0 Å². The third-order valence-corrected chi connectivity index (χ3v) is 3.16. The van der Waals surface area contributed by atoms with Crippen LogP contribution in [0.25, 0.3) is 0 Å². The molecule has 0 aromatic carbocycles. The molecule has 1 aromatic rings. The van der Waals surface area contributed by atoms with Crippen LogP contribution in [0.15, 0.2) is 6.20 Å². The van der Waals surface area contributed by atoms with Gasteiger partial charge in [0.1, 0.15) is 5.82 Å². The summed E-state index contributed by atoms with van der Waals surface area (Å²) in [5.74, 6) is 1.04. The van der Waals surface area contributed by atoms with E-state index in [2.05, 4.69) is 9.55 Å². The van der Waals surface area contributed by atoms with Gasteiger partial charge in [0.05, 0.1) is 18.5 Å². The van der Waals surface area contributed by atoms with Crippen molar-refractivity contribution in [2.45, 2.75) is 51.7 Å². The molecule has 1 heterocycles. The maximum Gasteiger partial charge on any atom is 0.106 e. The quantitative estimate of drug-likeness (QED) is 0.783. The summed E-state index contributed by atoms with van der Waals surface area (Å²) in [5, 5.41) is 9.20. The normalized spacial score (nSPS) is 18.7. The highest BCUT2D eigenvalue weighted by Gasteiger charge is 2.19. The Kier molecular flexibility index (Phi) is 2.87. The van der Waals surface area contributed by atoms with Crippen LogP contribution in [-0.4, -0.2) is 14.7 Å². The third-order valence-electron chi connectivity index (χ3n) is 3.16. The van der Waals surface area contributed by atoms with Crippen LogP contribution in [0.4, 0.5) is 0 Å². The second-order valence-corrected chi connectivity index (χ2v) is 4.12. The fourth-order valence-electron chi connectivity index (χ4n) is 2.46. The molecule has 1 aromatic heterocycles. The third kappa shape index (κ3) is 1.69. The number of rotatable bonds is 2. The Balaban J connectivity index is 2.23. The minimum Gasteiger partial charge on any atom is -0.390 e. The van der Waals surface area contributed by atoms with Gasteiger partial charge in [0, 0.05) is 6.04 Å². The minimum atomic E-state index is 0.108. The molecule has 14 heavy (non-hydrogen) atoms. The SMILES string of the molecule is Cc1ncc(CO)n1C1CCCCC1. The first kappa shape index (κ1) is 9.71.